The smallest absolute Gasteiger partial charge is 0.419 e. The summed E-state index contributed by atoms with van der Waals surface area (Å²) in [6, 6.07) is 20.0. The van der Waals surface area contributed by atoms with E-state index >= 15 is 0 Å². The second kappa shape index (κ2) is 10.3. The molecule has 0 aliphatic rings. The lowest BCUT2D eigenvalue weighted by Gasteiger charge is -2.13. The molecule has 34 heavy (non-hydrogen) atoms. The van der Waals surface area contributed by atoms with Gasteiger partial charge in [-0.1, -0.05) is 30.3 Å². The topological polar surface area (TPSA) is 85.9 Å². The Kier molecular flexibility index (Phi) is 6.98. The highest BCUT2D eigenvalue weighted by molar-refractivity contribution is 6.05. The first-order valence-corrected chi connectivity index (χ1v) is 10.9. The van der Waals surface area contributed by atoms with E-state index in [1.54, 1.807) is 41.0 Å². The Morgan fingerprint density at radius 3 is 2.56 bits per heavy atom. The summed E-state index contributed by atoms with van der Waals surface area (Å²) < 4.78 is 18.2. The SMILES string of the molecule is COc1cc(C(=O)Nc2ccc3oc(=O)n(CCN(C)C)c3c2)ccc1OCc1ccccc1. The second-order valence-corrected chi connectivity index (χ2v) is 8.10. The van der Waals surface area contributed by atoms with Gasteiger partial charge in [-0.15, -0.1) is 0 Å². The lowest BCUT2D eigenvalue weighted by molar-refractivity contribution is 0.102. The third kappa shape index (κ3) is 5.29. The van der Waals surface area contributed by atoms with E-state index in [4.69, 9.17) is 13.9 Å². The lowest BCUT2D eigenvalue weighted by atomic mass is 10.1. The van der Waals surface area contributed by atoms with Crippen molar-refractivity contribution in [2.24, 2.45) is 0 Å². The van der Waals surface area contributed by atoms with Gasteiger partial charge in [0, 0.05) is 24.3 Å². The molecule has 0 radical (unpaired) electrons. The van der Waals surface area contributed by atoms with Crippen LogP contribution < -0.4 is 20.5 Å². The van der Waals surface area contributed by atoms with Gasteiger partial charge in [-0.05, 0) is 56.1 Å². The third-order valence-electron chi connectivity index (χ3n) is 5.36. The number of aromatic nitrogens is 1. The fraction of sp³-hybridized carbons (Fsp3) is 0.231. The molecule has 0 aliphatic heterocycles. The molecule has 1 heterocycles. The van der Waals surface area contributed by atoms with Crippen LogP contribution in [0.1, 0.15) is 15.9 Å². The molecule has 1 N–H and O–H groups in total. The molecular formula is C26H27N3O5. The summed E-state index contributed by atoms with van der Waals surface area (Å²) in [6.07, 6.45) is 0. The quantitative estimate of drug-likeness (QED) is 0.406. The number of benzene rings is 3. The zero-order valence-corrected chi connectivity index (χ0v) is 19.4. The van der Waals surface area contributed by atoms with Crippen LogP contribution in [0.5, 0.6) is 11.5 Å². The number of methoxy groups -OCH3 is 1. The summed E-state index contributed by atoms with van der Waals surface area (Å²) in [5.74, 6) is 0.285. The van der Waals surface area contributed by atoms with Gasteiger partial charge in [0.15, 0.2) is 17.1 Å². The number of hydrogen-bond acceptors (Lipinski definition) is 6. The number of carbonyl (C=O) groups excluding carboxylic acids is 1. The number of likely N-dealkylation sites (N-methyl/N-ethyl adjacent to an activating group) is 1. The van der Waals surface area contributed by atoms with Gasteiger partial charge in [0.1, 0.15) is 6.61 Å². The van der Waals surface area contributed by atoms with E-state index in [0.717, 1.165) is 5.56 Å². The largest absolute Gasteiger partial charge is 0.493 e. The maximum absolute atomic E-state index is 12.9. The van der Waals surface area contributed by atoms with E-state index in [1.165, 1.54) is 7.11 Å². The van der Waals surface area contributed by atoms with Crippen LogP contribution in [-0.2, 0) is 13.2 Å². The molecule has 3 aromatic carbocycles. The standard InChI is InChI=1S/C26H27N3O5/c1-28(2)13-14-29-21-16-20(10-12-22(21)34-26(29)31)27-25(30)19-9-11-23(24(15-19)32-3)33-17-18-7-5-4-6-8-18/h4-12,15-16H,13-14,17H2,1-3H3,(H,27,30). The fourth-order valence-electron chi connectivity index (χ4n) is 3.52. The Morgan fingerprint density at radius 1 is 1.03 bits per heavy atom. The number of ether oxygens (including phenoxy) is 2. The number of oxazole rings is 1. The summed E-state index contributed by atoms with van der Waals surface area (Å²) in [4.78, 5) is 27.1. The Labute approximate surface area is 197 Å². The van der Waals surface area contributed by atoms with Crippen LogP contribution in [0, 0.1) is 0 Å². The molecule has 8 nitrogen and oxygen atoms in total. The molecule has 176 valence electrons. The molecule has 8 heteroatoms. The maximum atomic E-state index is 12.9. The van der Waals surface area contributed by atoms with Crippen molar-refractivity contribution in [3.63, 3.8) is 0 Å². The number of anilines is 1. The minimum Gasteiger partial charge on any atom is -0.493 e. The van der Waals surface area contributed by atoms with Crippen LogP contribution in [0.4, 0.5) is 5.69 Å². The van der Waals surface area contributed by atoms with Gasteiger partial charge in [0.05, 0.1) is 12.6 Å². The highest BCUT2D eigenvalue weighted by Gasteiger charge is 2.14. The zero-order valence-electron chi connectivity index (χ0n) is 19.4. The number of fused-ring (bicyclic) bond motifs is 1. The van der Waals surface area contributed by atoms with Crippen molar-refractivity contribution >= 4 is 22.7 Å². The van der Waals surface area contributed by atoms with E-state index < -0.39 is 5.76 Å². The van der Waals surface area contributed by atoms with Gasteiger partial charge in [-0.25, -0.2) is 4.79 Å². The van der Waals surface area contributed by atoms with E-state index in [-0.39, 0.29) is 5.91 Å². The molecule has 0 spiro atoms. The van der Waals surface area contributed by atoms with Gasteiger partial charge in [0.2, 0.25) is 0 Å². The summed E-state index contributed by atoms with van der Waals surface area (Å²) in [7, 11) is 5.41. The minimum absolute atomic E-state index is 0.307. The molecule has 0 saturated heterocycles. The zero-order chi connectivity index (χ0) is 24.1. The summed E-state index contributed by atoms with van der Waals surface area (Å²) in [5.41, 5.74) is 3.11. The molecular weight excluding hydrogens is 434 g/mol. The van der Waals surface area contributed by atoms with Crippen molar-refractivity contribution in [1.82, 2.24) is 9.47 Å². The van der Waals surface area contributed by atoms with Crippen LogP contribution >= 0.6 is 0 Å². The van der Waals surface area contributed by atoms with Crippen molar-refractivity contribution in [3.05, 3.63) is 88.4 Å². The Balaban J connectivity index is 1.50. The molecule has 0 fully saturated rings. The second-order valence-electron chi connectivity index (χ2n) is 8.10. The normalized spacial score (nSPS) is 11.1. The van der Waals surface area contributed by atoms with Gasteiger partial charge < -0.3 is 24.1 Å². The first kappa shape index (κ1) is 23.1. The molecule has 4 aromatic rings. The highest BCUT2D eigenvalue weighted by Crippen LogP contribution is 2.29. The Bertz CT molecular complexity index is 1340. The van der Waals surface area contributed by atoms with Crippen molar-refractivity contribution in [2.45, 2.75) is 13.2 Å². The highest BCUT2D eigenvalue weighted by atomic mass is 16.5. The number of nitrogens with one attached hydrogen (secondary N) is 1. The van der Waals surface area contributed by atoms with E-state index in [0.29, 0.717) is 53.5 Å². The van der Waals surface area contributed by atoms with E-state index in [9.17, 15) is 9.59 Å². The molecule has 0 saturated carbocycles. The lowest BCUT2D eigenvalue weighted by Crippen LogP contribution is -2.23. The maximum Gasteiger partial charge on any atom is 0.419 e. The number of carbonyl (C=O) groups is 1. The Hall–Kier alpha value is -4.04. The van der Waals surface area contributed by atoms with Crippen LogP contribution in [0.15, 0.2) is 75.9 Å². The molecule has 0 aliphatic carbocycles. The molecule has 0 unspecified atom stereocenters. The number of rotatable bonds is 9. The summed E-state index contributed by atoms with van der Waals surface area (Å²) >= 11 is 0. The van der Waals surface area contributed by atoms with Crippen molar-refractivity contribution in [3.8, 4) is 11.5 Å². The van der Waals surface area contributed by atoms with Crippen LogP contribution in [0.3, 0.4) is 0 Å². The first-order chi connectivity index (χ1) is 16.4. The van der Waals surface area contributed by atoms with Gasteiger partial charge in [-0.3, -0.25) is 9.36 Å². The minimum atomic E-state index is -0.420. The van der Waals surface area contributed by atoms with E-state index in [2.05, 4.69) is 5.32 Å². The van der Waals surface area contributed by atoms with Crippen molar-refractivity contribution in [1.29, 1.82) is 0 Å². The summed E-state index contributed by atoms with van der Waals surface area (Å²) in [6.45, 7) is 1.56. The molecule has 0 bridgehead atoms. The number of hydrogen-bond donors (Lipinski definition) is 1. The molecule has 4 rings (SSSR count). The molecule has 1 aromatic heterocycles. The average Bonchev–Trinajstić information content (AvgIpc) is 3.16. The first-order valence-electron chi connectivity index (χ1n) is 10.9. The predicted octanol–water partition coefficient (Wildman–Crippen LogP) is 4.00. The average molecular weight is 462 g/mol. The monoisotopic (exact) mass is 461 g/mol. The van der Waals surface area contributed by atoms with Crippen molar-refractivity contribution in [2.75, 3.05) is 33.1 Å². The van der Waals surface area contributed by atoms with Crippen molar-refractivity contribution < 1.29 is 18.7 Å². The number of amides is 1. The van der Waals surface area contributed by atoms with E-state index in [1.807, 2.05) is 49.3 Å². The number of nitrogens with zero attached hydrogens (tertiary/aromatic N) is 2. The van der Waals surface area contributed by atoms with Gasteiger partial charge in [-0.2, -0.15) is 0 Å². The molecule has 0 atom stereocenters. The predicted molar refractivity (Wildman–Crippen MR) is 131 cm³/mol. The Morgan fingerprint density at radius 2 is 1.82 bits per heavy atom. The van der Waals surface area contributed by atoms with Gasteiger partial charge >= 0.3 is 5.76 Å². The fourth-order valence-corrected chi connectivity index (χ4v) is 3.52. The summed E-state index contributed by atoms with van der Waals surface area (Å²) in [5, 5.41) is 2.88. The molecule has 1 amide bonds. The van der Waals surface area contributed by atoms with Crippen LogP contribution in [0.2, 0.25) is 0 Å². The van der Waals surface area contributed by atoms with Gasteiger partial charge in [0.25, 0.3) is 5.91 Å². The van der Waals surface area contributed by atoms with Crippen LogP contribution in [-0.4, -0.2) is 43.1 Å². The van der Waals surface area contributed by atoms with Crippen LogP contribution in [0.25, 0.3) is 11.1 Å². The third-order valence-corrected chi connectivity index (χ3v) is 5.36.